The zero-order valence-electron chi connectivity index (χ0n) is 18.3. The van der Waals surface area contributed by atoms with E-state index in [0.29, 0.717) is 30.3 Å². The summed E-state index contributed by atoms with van der Waals surface area (Å²) in [6.07, 6.45) is 6.03. The molecule has 2 aromatic heterocycles. The van der Waals surface area contributed by atoms with Gasteiger partial charge in [0, 0.05) is 31.0 Å². The molecular formula is C21H31N7O3. The third-order valence-corrected chi connectivity index (χ3v) is 6.41. The van der Waals surface area contributed by atoms with Crippen LogP contribution in [0, 0.1) is 0 Å². The van der Waals surface area contributed by atoms with Gasteiger partial charge in [-0.05, 0) is 19.3 Å². The minimum absolute atomic E-state index is 0.00842. The minimum atomic E-state index is -0.509. The Morgan fingerprint density at radius 2 is 2.03 bits per heavy atom. The second-order valence-electron chi connectivity index (χ2n) is 9.21. The Morgan fingerprint density at radius 3 is 2.77 bits per heavy atom. The summed E-state index contributed by atoms with van der Waals surface area (Å²) in [5, 5.41) is 20.5. The molecule has 2 fully saturated rings. The number of carbonyl (C=O) groups excluding carboxylic acids is 2. The van der Waals surface area contributed by atoms with Crippen molar-refractivity contribution >= 4 is 23.4 Å². The van der Waals surface area contributed by atoms with Crippen molar-refractivity contribution in [2.24, 2.45) is 0 Å². The average Bonchev–Trinajstić information content (AvgIpc) is 3.33. The molecular weight excluding hydrogens is 398 g/mol. The van der Waals surface area contributed by atoms with Crippen LogP contribution in [-0.4, -0.2) is 72.7 Å². The standard InChI is InChI=1S/C21H31N7O3/c1-13(30)24-14-6-4-5-7-16(14)27-9-8-15(19(27)31)25-20-23-12-22-18-10-17(26-28(18)20)21(2,3)11-29/h10,12,14-16,29H,4-9,11H2,1-3H3,(H,24,30)(H,22,23,25). The molecule has 1 aliphatic heterocycles. The average molecular weight is 430 g/mol. The zero-order chi connectivity index (χ0) is 22.2. The highest BCUT2D eigenvalue weighted by atomic mass is 16.3. The number of hydrogen-bond acceptors (Lipinski definition) is 7. The van der Waals surface area contributed by atoms with Crippen LogP contribution in [0.25, 0.3) is 5.65 Å². The number of carbonyl (C=O) groups is 2. The van der Waals surface area contributed by atoms with Gasteiger partial charge in [-0.2, -0.15) is 9.61 Å². The van der Waals surface area contributed by atoms with Crippen molar-refractivity contribution in [3.05, 3.63) is 18.1 Å². The normalized spacial score (nSPS) is 24.6. The first kappa shape index (κ1) is 21.5. The molecule has 2 amide bonds. The smallest absolute Gasteiger partial charge is 0.245 e. The van der Waals surface area contributed by atoms with Crippen LogP contribution in [0.3, 0.4) is 0 Å². The molecule has 0 spiro atoms. The van der Waals surface area contributed by atoms with E-state index in [1.165, 1.54) is 13.3 Å². The van der Waals surface area contributed by atoms with E-state index < -0.39 is 11.5 Å². The van der Waals surface area contributed by atoms with Gasteiger partial charge in [0.15, 0.2) is 5.65 Å². The number of amides is 2. The van der Waals surface area contributed by atoms with Crippen LogP contribution in [0.15, 0.2) is 12.4 Å². The number of aliphatic hydroxyl groups excluding tert-OH is 1. The van der Waals surface area contributed by atoms with E-state index in [-0.39, 0.29) is 30.5 Å². The van der Waals surface area contributed by atoms with Gasteiger partial charge in [-0.1, -0.05) is 26.7 Å². The fourth-order valence-electron chi connectivity index (χ4n) is 4.56. The summed E-state index contributed by atoms with van der Waals surface area (Å²) in [6, 6.07) is 1.46. The maximum absolute atomic E-state index is 13.2. The van der Waals surface area contributed by atoms with Crippen molar-refractivity contribution in [1.29, 1.82) is 0 Å². The maximum Gasteiger partial charge on any atom is 0.245 e. The predicted molar refractivity (Wildman–Crippen MR) is 114 cm³/mol. The van der Waals surface area contributed by atoms with Gasteiger partial charge in [-0.15, -0.1) is 0 Å². The summed E-state index contributed by atoms with van der Waals surface area (Å²) in [7, 11) is 0. The predicted octanol–water partition coefficient (Wildman–Crippen LogP) is 0.854. The number of likely N-dealkylation sites (tertiary alicyclic amines) is 1. The van der Waals surface area contributed by atoms with Crippen molar-refractivity contribution < 1.29 is 14.7 Å². The highest BCUT2D eigenvalue weighted by Gasteiger charge is 2.40. The van der Waals surface area contributed by atoms with E-state index in [9.17, 15) is 14.7 Å². The topological polar surface area (TPSA) is 125 Å². The molecule has 168 valence electrons. The van der Waals surface area contributed by atoms with Crippen LogP contribution in [-0.2, 0) is 15.0 Å². The Kier molecular flexibility index (Phi) is 5.83. The molecule has 0 radical (unpaired) electrons. The molecule has 1 aliphatic carbocycles. The van der Waals surface area contributed by atoms with Gasteiger partial charge in [0.1, 0.15) is 12.4 Å². The number of hydrogen-bond donors (Lipinski definition) is 3. The lowest BCUT2D eigenvalue weighted by molar-refractivity contribution is -0.132. The van der Waals surface area contributed by atoms with Gasteiger partial charge in [0.2, 0.25) is 17.8 Å². The quantitative estimate of drug-likeness (QED) is 0.622. The molecule has 3 unspecified atom stereocenters. The van der Waals surface area contributed by atoms with Gasteiger partial charge >= 0.3 is 0 Å². The Bertz CT molecular complexity index is 973. The molecule has 10 heteroatoms. The molecule has 3 heterocycles. The first-order valence-electron chi connectivity index (χ1n) is 11.0. The Balaban J connectivity index is 1.52. The lowest BCUT2D eigenvalue weighted by Gasteiger charge is -2.38. The van der Waals surface area contributed by atoms with E-state index in [1.807, 2.05) is 24.8 Å². The molecule has 31 heavy (non-hydrogen) atoms. The lowest BCUT2D eigenvalue weighted by Crippen LogP contribution is -2.54. The summed E-state index contributed by atoms with van der Waals surface area (Å²) >= 11 is 0. The van der Waals surface area contributed by atoms with Gasteiger partial charge in [-0.3, -0.25) is 9.59 Å². The molecule has 3 N–H and O–H groups in total. The fraction of sp³-hybridized carbons (Fsp3) is 0.667. The second kappa shape index (κ2) is 8.41. The highest BCUT2D eigenvalue weighted by Crippen LogP contribution is 2.28. The summed E-state index contributed by atoms with van der Waals surface area (Å²) in [4.78, 5) is 35.3. The van der Waals surface area contributed by atoms with E-state index in [0.717, 1.165) is 25.7 Å². The van der Waals surface area contributed by atoms with Crippen LogP contribution in [0.4, 0.5) is 5.95 Å². The first-order valence-corrected chi connectivity index (χ1v) is 11.0. The molecule has 10 nitrogen and oxygen atoms in total. The summed E-state index contributed by atoms with van der Waals surface area (Å²) in [6.45, 7) is 5.94. The van der Waals surface area contributed by atoms with E-state index in [4.69, 9.17) is 0 Å². The Labute approximate surface area is 181 Å². The SMILES string of the molecule is CC(=O)NC1CCCCC1N1CCC(Nc2ncnc3cc(C(C)(C)CO)nn23)C1=O. The Morgan fingerprint density at radius 1 is 1.26 bits per heavy atom. The largest absolute Gasteiger partial charge is 0.395 e. The van der Waals surface area contributed by atoms with Crippen LogP contribution >= 0.6 is 0 Å². The van der Waals surface area contributed by atoms with Crippen LogP contribution in [0.2, 0.25) is 0 Å². The van der Waals surface area contributed by atoms with E-state index in [2.05, 4.69) is 25.7 Å². The number of fused-ring (bicyclic) bond motifs is 1. The monoisotopic (exact) mass is 429 g/mol. The van der Waals surface area contributed by atoms with E-state index >= 15 is 0 Å². The molecule has 0 bridgehead atoms. The zero-order valence-corrected chi connectivity index (χ0v) is 18.3. The van der Waals surface area contributed by atoms with Gasteiger partial charge < -0.3 is 20.6 Å². The van der Waals surface area contributed by atoms with E-state index in [1.54, 1.807) is 4.52 Å². The van der Waals surface area contributed by atoms with Crippen molar-refractivity contribution in [3.63, 3.8) is 0 Å². The van der Waals surface area contributed by atoms with Crippen LogP contribution in [0.1, 0.15) is 58.6 Å². The number of aliphatic hydroxyl groups is 1. The summed E-state index contributed by atoms with van der Waals surface area (Å²) < 4.78 is 1.59. The number of anilines is 1. The highest BCUT2D eigenvalue weighted by molar-refractivity contribution is 5.87. The Hall–Kier alpha value is -2.75. The number of nitrogens with zero attached hydrogens (tertiary/aromatic N) is 5. The van der Waals surface area contributed by atoms with Crippen molar-refractivity contribution in [2.75, 3.05) is 18.5 Å². The van der Waals surface area contributed by atoms with Crippen LogP contribution < -0.4 is 10.6 Å². The summed E-state index contributed by atoms with van der Waals surface area (Å²) in [5.74, 6) is 0.422. The molecule has 4 rings (SSSR count). The van der Waals surface area contributed by atoms with Gasteiger partial charge in [-0.25, -0.2) is 9.97 Å². The molecule has 2 aromatic rings. The molecule has 0 aromatic carbocycles. The lowest BCUT2D eigenvalue weighted by atomic mass is 9.89. The van der Waals surface area contributed by atoms with Gasteiger partial charge in [0.25, 0.3) is 0 Å². The molecule has 3 atom stereocenters. The molecule has 1 saturated carbocycles. The molecule has 2 aliphatic rings. The minimum Gasteiger partial charge on any atom is -0.395 e. The van der Waals surface area contributed by atoms with Crippen LogP contribution in [0.5, 0.6) is 0 Å². The van der Waals surface area contributed by atoms with Crippen molar-refractivity contribution in [2.45, 2.75) is 76.4 Å². The maximum atomic E-state index is 13.2. The summed E-state index contributed by atoms with van der Waals surface area (Å²) in [5.41, 5.74) is 0.803. The number of rotatable bonds is 6. The first-order chi connectivity index (χ1) is 14.8. The second-order valence-corrected chi connectivity index (χ2v) is 9.21. The third-order valence-electron chi connectivity index (χ3n) is 6.41. The fourth-order valence-corrected chi connectivity index (χ4v) is 4.56. The van der Waals surface area contributed by atoms with Crippen molar-refractivity contribution in [1.82, 2.24) is 29.8 Å². The number of aromatic nitrogens is 4. The van der Waals surface area contributed by atoms with Gasteiger partial charge in [0.05, 0.1) is 18.3 Å². The molecule has 1 saturated heterocycles. The third kappa shape index (κ3) is 4.21. The van der Waals surface area contributed by atoms with Crippen molar-refractivity contribution in [3.8, 4) is 0 Å². The number of nitrogens with one attached hydrogen (secondary N) is 2.